The van der Waals surface area contributed by atoms with Gasteiger partial charge in [-0.25, -0.2) is 10.2 Å². The highest BCUT2D eigenvalue weighted by molar-refractivity contribution is 6.37. The molecule has 0 atom stereocenters. The highest BCUT2D eigenvalue weighted by atomic mass is 35.5. The van der Waals surface area contributed by atoms with Crippen molar-refractivity contribution in [2.45, 2.75) is 20.0 Å². The third-order valence-electron chi connectivity index (χ3n) is 2.86. The van der Waals surface area contributed by atoms with Gasteiger partial charge in [-0.3, -0.25) is 0 Å². The topological polar surface area (TPSA) is 62.7 Å². The van der Waals surface area contributed by atoms with Crippen LogP contribution in [0.2, 0.25) is 15.1 Å². The van der Waals surface area contributed by atoms with Crippen LogP contribution >= 0.6 is 34.8 Å². The SMILES string of the molecule is CC(C)Oc1c(Cl)cc(/C=N\NC(=O)Nc2ccc(Cl)cc2)cc1Cl. The Bertz CT molecular complexity index is 754. The summed E-state index contributed by atoms with van der Waals surface area (Å²) in [5.41, 5.74) is 3.57. The minimum atomic E-state index is -0.490. The first-order chi connectivity index (χ1) is 11.8. The second-order valence-corrected chi connectivity index (χ2v) is 6.56. The Labute approximate surface area is 160 Å². The lowest BCUT2D eigenvalue weighted by Crippen LogP contribution is -2.24. The van der Waals surface area contributed by atoms with Crippen LogP contribution in [0.25, 0.3) is 0 Å². The molecule has 0 radical (unpaired) electrons. The maximum absolute atomic E-state index is 11.8. The van der Waals surface area contributed by atoms with E-state index in [1.165, 1.54) is 6.21 Å². The van der Waals surface area contributed by atoms with E-state index in [1.54, 1.807) is 36.4 Å². The number of urea groups is 1. The summed E-state index contributed by atoms with van der Waals surface area (Å²) in [6, 6.07) is 9.50. The summed E-state index contributed by atoms with van der Waals surface area (Å²) in [6.45, 7) is 3.76. The van der Waals surface area contributed by atoms with Crippen LogP contribution in [0.4, 0.5) is 10.5 Å². The molecule has 0 heterocycles. The molecule has 2 aromatic rings. The number of rotatable bonds is 5. The highest BCUT2D eigenvalue weighted by Gasteiger charge is 2.10. The van der Waals surface area contributed by atoms with Crippen molar-refractivity contribution in [3.05, 3.63) is 57.0 Å². The second kappa shape index (κ2) is 8.94. The van der Waals surface area contributed by atoms with E-state index in [2.05, 4.69) is 15.8 Å². The zero-order valence-corrected chi connectivity index (χ0v) is 15.8. The second-order valence-electron chi connectivity index (χ2n) is 5.31. The van der Waals surface area contributed by atoms with E-state index in [4.69, 9.17) is 39.5 Å². The smallest absolute Gasteiger partial charge is 0.339 e. The number of halogens is 3. The fourth-order valence-corrected chi connectivity index (χ4v) is 2.58. The Hall–Kier alpha value is -1.95. The van der Waals surface area contributed by atoms with Gasteiger partial charge in [0.1, 0.15) is 0 Å². The lowest BCUT2D eigenvalue weighted by molar-refractivity contribution is 0.242. The van der Waals surface area contributed by atoms with Crippen LogP contribution in [-0.4, -0.2) is 18.3 Å². The Morgan fingerprint density at radius 1 is 1.12 bits per heavy atom. The van der Waals surface area contributed by atoms with E-state index in [1.807, 2.05) is 13.8 Å². The number of benzene rings is 2. The molecule has 5 nitrogen and oxygen atoms in total. The summed E-state index contributed by atoms with van der Waals surface area (Å²) < 4.78 is 5.55. The maximum Gasteiger partial charge on any atom is 0.339 e. The average molecular weight is 401 g/mol. The van der Waals surface area contributed by atoms with Gasteiger partial charge in [0.25, 0.3) is 0 Å². The molecule has 2 N–H and O–H groups in total. The maximum atomic E-state index is 11.8. The molecule has 2 rings (SSSR count). The molecule has 0 aliphatic heterocycles. The van der Waals surface area contributed by atoms with Crippen LogP contribution in [-0.2, 0) is 0 Å². The van der Waals surface area contributed by atoms with Crippen LogP contribution in [0.3, 0.4) is 0 Å². The quantitative estimate of drug-likeness (QED) is 0.507. The Morgan fingerprint density at radius 2 is 1.72 bits per heavy atom. The summed E-state index contributed by atoms with van der Waals surface area (Å²) in [7, 11) is 0. The van der Waals surface area contributed by atoms with Crippen molar-refractivity contribution in [2.24, 2.45) is 5.10 Å². The first-order valence-electron chi connectivity index (χ1n) is 7.36. The normalized spacial score (nSPS) is 11.0. The summed E-state index contributed by atoms with van der Waals surface area (Å²) in [5, 5.41) is 7.79. The molecule has 8 heteroatoms. The van der Waals surface area contributed by atoms with E-state index in [0.717, 1.165) is 0 Å². The summed E-state index contributed by atoms with van der Waals surface area (Å²) in [6.07, 6.45) is 1.38. The van der Waals surface area contributed by atoms with Crippen LogP contribution < -0.4 is 15.5 Å². The van der Waals surface area contributed by atoms with E-state index < -0.39 is 6.03 Å². The highest BCUT2D eigenvalue weighted by Crippen LogP contribution is 2.34. The van der Waals surface area contributed by atoms with Gasteiger partial charge in [-0.2, -0.15) is 5.10 Å². The number of anilines is 1. The summed E-state index contributed by atoms with van der Waals surface area (Å²) in [4.78, 5) is 11.8. The molecule has 0 aliphatic carbocycles. The van der Waals surface area contributed by atoms with E-state index in [-0.39, 0.29) is 6.10 Å². The molecule has 132 valence electrons. The van der Waals surface area contributed by atoms with Gasteiger partial charge in [0.05, 0.1) is 22.4 Å². The summed E-state index contributed by atoms with van der Waals surface area (Å²) >= 11 is 18.1. The summed E-state index contributed by atoms with van der Waals surface area (Å²) in [5.74, 6) is 0.420. The Balaban J connectivity index is 1.97. The molecule has 0 aliphatic rings. The van der Waals surface area contributed by atoms with Crippen LogP contribution in [0.1, 0.15) is 19.4 Å². The monoisotopic (exact) mass is 399 g/mol. The fraction of sp³-hybridized carbons (Fsp3) is 0.176. The van der Waals surface area contributed by atoms with E-state index in [9.17, 15) is 4.79 Å². The van der Waals surface area contributed by atoms with Crippen LogP contribution in [0, 0.1) is 0 Å². The van der Waals surface area contributed by atoms with Gasteiger partial charge in [-0.1, -0.05) is 34.8 Å². The number of carbonyl (C=O) groups is 1. The third-order valence-corrected chi connectivity index (χ3v) is 3.67. The number of nitrogens with zero attached hydrogens (tertiary/aromatic N) is 1. The molecule has 0 saturated carbocycles. The Kier molecular flexibility index (Phi) is 6.93. The van der Waals surface area contributed by atoms with Gasteiger partial charge in [-0.15, -0.1) is 0 Å². The number of hydrogen-bond donors (Lipinski definition) is 2. The molecule has 0 bridgehead atoms. The molecule has 0 aromatic heterocycles. The number of nitrogens with one attached hydrogen (secondary N) is 2. The van der Waals surface area contributed by atoms with Gasteiger partial charge >= 0.3 is 6.03 Å². The van der Waals surface area contributed by atoms with Gasteiger partial charge in [0.15, 0.2) is 5.75 Å². The molecular formula is C17H16Cl3N3O2. The molecule has 0 spiro atoms. The van der Waals surface area contributed by atoms with Crippen molar-refractivity contribution in [1.82, 2.24) is 5.43 Å². The predicted octanol–water partition coefficient (Wildman–Crippen LogP) is 5.59. The largest absolute Gasteiger partial charge is 0.488 e. The number of carbonyl (C=O) groups excluding carboxylic acids is 1. The van der Waals surface area contributed by atoms with Crippen molar-refractivity contribution in [3.63, 3.8) is 0 Å². The van der Waals surface area contributed by atoms with E-state index in [0.29, 0.717) is 32.1 Å². The first-order valence-corrected chi connectivity index (χ1v) is 8.50. The molecule has 0 unspecified atom stereocenters. The number of amides is 2. The van der Waals surface area contributed by atoms with Crippen LogP contribution in [0.15, 0.2) is 41.5 Å². The minimum absolute atomic E-state index is 0.0484. The number of hydrogen-bond acceptors (Lipinski definition) is 3. The number of ether oxygens (including phenoxy) is 1. The first kappa shape index (κ1) is 19.4. The fourth-order valence-electron chi connectivity index (χ4n) is 1.86. The van der Waals surface area contributed by atoms with Gasteiger partial charge in [0.2, 0.25) is 0 Å². The van der Waals surface area contributed by atoms with Crippen molar-refractivity contribution in [2.75, 3.05) is 5.32 Å². The van der Waals surface area contributed by atoms with Gasteiger partial charge in [-0.05, 0) is 55.8 Å². The van der Waals surface area contributed by atoms with Gasteiger partial charge < -0.3 is 10.1 Å². The molecule has 2 aromatic carbocycles. The molecular weight excluding hydrogens is 385 g/mol. The zero-order valence-electron chi connectivity index (χ0n) is 13.5. The van der Waals surface area contributed by atoms with Crippen molar-refractivity contribution < 1.29 is 9.53 Å². The lowest BCUT2D eigenvalue weighted by Gasteiger charge is -2.13. The predicted molar refractivity (Wildman–Crippen MR) is 103 cm³/mol. The molecule has 0 saturated heterocycles. The average Bonchev–Trinajstić information content (AvgIpc) is 2.53. The standard InChI is InChI=1S/C17H16Cl3N3O2/c1-10(2)25-16-14(19)7-11(8-15(16)20)9-21-23-17(24)22-13-5-3-12(18)4-6-13/h3-10H,1-2H3,(H2,22,23,24)/b21-9-. The van der Waals surface area contributed by atoms with Crippen molar-refractivity contribution in [3.8, 4) is 5.75 Å². The zero-order chi connectivity index (χ0) is 18.4. The van der Waals surface area contributed by atoms with E-state index >= 15 is 0 Å². The molecule has 2 amide bonds. The molecule has 25 heavy (non-hydrogen) atoms. The minimum Gasteiger partial charge on any atom is -0.488 e. The van der Waals surface area contributed by atoms with Gasteiger partial charge in [0, 0.05) is 10.7 Å². The van der Waals surface area contributed by atoms with Crippen LogP contribution in [0.5, 0.6) is 5.75 Å². The number of hydrazone groups is 1. The molecule has 0 fully saturated rings. The van der Waals surface area contributed by atoms with Crippen molar-refractivity contribution in [1.29, 1.82) is 0 Å². The lowest BCUT2D eigenvalue weighted by atomic mass is 10.2. The van der Waals surface area contributed by atoms with Crippen molar-refractivity contribution >= 4 is 52.7 Å². The Morgan fingerprint density at radius 3 is 2.28 bits per heavy atom. The third kappa shape index (κ3) is 6.12.